The molecule has 140 valence electrons. The molecule has 27 heavy (non-hydrogen) atoms. The Morgan fingerprint density at radius 3 is 2.44 bits per heavy atom. The molecule has 0 atom stereocenters. The second kappa shape index (κ2) is 7.73. The first-order valence-corrected chi connectivity index (χ1v) is 8.38. The summed E-state index contributed by atoms with van der Waals surface area (Å²) < 4.78 is 0. The molecule has 2 aromatic heterocycles. The predicted molar refractivity (Wildman–Crippen MR) is 106 cm³/mol. The lowest BCUT2D eigenvalue weighted by atomic mass is 10.2. The molecule has 0 saturated heterocycles. The fourth-order valence-electron chi connectivity index (χ4n) is 2.31. The van der Waals surface area contributed by atoms with Gasteiger partial charge in [0.1, 0.15) is 0 Å². The van der Waals surface area contributed by atoms with Crippen molar-refractivity contribution < 1.29 is 4.79 Å². The third kappa shape index (κ3) is 4.72. The predicted octanol–water partition coefficient (Wildman–Crippen LogP) is 3.40. The molecule has 1 aromatic carbocycles. The number of H-pyrrole nitrogens is 1. The van der Waals surface area contributed by atoms with Crippen LogP contribution in [0.3, 0.4) is 0 Å². The van der Waals surface area contributed by atoms with E-state index in [1.54, 1.807) is 26.5 Å². The summed E-state index contributed by atoms with van der Waals surface area (Å²) >= 11 is 0. The lowest BCUT2D eigenvalue weighted by molar-refractivity contribution is 0.230. The topological polar surface area (TPSA) is 111 Å². The Hall–Kier alpha value is -3.62. The van der Waals surface area contributed by atoms with Gasteiger partial charge in [-0.25, -0.2) is 9.78 Å². The molecule has 3 aromatic rings. The van der Waals surface area contributed by atoms with Crippen molar-refractivity contribution in [2.45, 2.75) is 13.8 Å². The van der Waals surface area contributed by atoms with Gasteiger partial charge in [0.25, 0.3) is 0 Å². The molecule has 0 saturated carbocycles. The summed E-state index contributed by atoms with van der Waals surface area (Å²) in [5.74, 6) is 1.81. The van der Waals surface area contributed by atoms with Crippen LogP contribution < -0.4 is 16.0 Å². The Balaban J connectivity index is 1.75. The van der Waals surface area contributed by atoms with Gasteiger partial charge in [-0.15, -0.1) is 0 Å². The Morgan fingerprint density at radius 2 is 1.78 bits per heavy atom. The number of aryl methyl sites for hydroxylation is 2. The maximum Gasteiger partial charge on any atom is 0.321 e. The molecular weight excluding hydrogens is 344 g/mol. The van der Waals surface area contributed by atoms with Crippen LogP contribution in [-0.4, -0.2) is 45.2 Å². The van der Waals surface area contributed by atoms with Crippen molar-refractivity contribution in [2.24, 2.45) is 0 Å². The zero-order chi connectivity index (χ0) is 19.4. The van der Waals surface area contributed by atoms with Gasteiger partial charge in [-0.3, -0.25) is 10.1 Å². The minimum absolute atomic E-state index is 0.185. The second-order valence-electron chi connectivity index (χ2n) is 6.33. The summed E-state index contributed by atoms with van der Waals surface area (Å²) in [5, 5.41) is 16.1. The van der Waals surface area contributed by atoms with Crippen molar-refractivity contribution in [3.05, 3.63) is 47.9 Å². The van der Waals surface area contributed by atoms with Crippen LogP contribution in [-0.2, 0) is 0 Å². The van der Waals surface area contributed by atoms with E-state index >= 15 is 0 Å². The number of nitrogens with one attached hydrogen (secondary N) is 4. The minimum Gasteiger partial charge on any atom is -0.339 e. The highest BCUT2D eigenvalue weighted by Gasteiger charge is 2.08. The highest BCUT2D eigenvalue weighted by atomic mass is 16.2. The molecule has 9 nitrogen and oxygen atoms in total. The van der Waals surface area contributed by atoms with Crippen LogP contribution in [0.1, 0.15) is 11.3 Å². The molecule has 0 aliphatic carbocycles. The van der Waals surface area contributed by atoms with Gasteiger partial charge in [0.05, 0.1) is 12.4 Å². The SMILES string of the molecule is Cc1cc(Nc2cncc(Nc3ccc(C)c(NC(=O)N(C)C)c3)n2)n[nH]1. The standard InChI is InChI=1S/C18H22N8O/c1-11-5-6-13(8-14(11)21-18(27)26(3)4)20-16-9-19-10-17(23-16)22-15-7-12(2)24-25-15/h5-10H,1-4H3,(H,21,27)(H3,20,22,23,24,25). The highest BCUT2D eigenvalue weighted by Crippen LogP contribution is 2.23. The normalized spacial score (nSPS) is 10.4. The lowest BCUT2D eigenvalue weighted by Gasteiger charge is -2.15. The van der Waals surface area contributed by atoms with E-state index in [1.807, 2.05) is 38.1 Å². The molecule has 0 spiro atoms. The summed E-state index contributed by atoms with van der Waals surface area (Å²) in [7, 11) is 3.39. The van der Waals surface area contributed by atoms with Gasteiger partial charge in [0, 0.05) is 37.2 Å². The average Bonchev–Trinajstić information content (AvgIpc) is 3.03. The van der Waals surface area contributed by atoms with Crippen LogP contribution >= 0.6 is 0 Å². The number of carbonyl (C=O) groups is 1. The zero-order valence-corrected chi connectivity index (χ0v) is 15.7. The first kappa shape index (κ1) is 18.2. The number of rotatable bonds is 5. The molecule has 3 rings (SSSR count). The van der Waals surface area contributed by atoms with E-state index in [0.29, 0.717) is 17.5 Å². The Morgan fingerprint density at radius 1 is 1.04 bits per heavy atom. The van der Waals surface area contributed by atoms with Crippen molar-refractivity contribution in [2.75, 3.05) is 30.0 Å². The van der Waals surface area contributed by atoms with Gasteiger partial charge < -0.3 is 20.9 Å². The van der Waals surface area contributed by atoms with Crippen molar-refractivity contribution in [3.63, 3.8) is 0 Å². The monoisotopic (exact) mass is 366 g/mol. The molecule has 9 heteroatoms. The van der Waals surface area contributed by atoms with Crippen molar-refractivity contribution in [3.8, 4) is 0 Å². The first-order chi connectivity index (χ1) is 12.9. The molecule has 0 unspecified atom stereocenters. The van der Waals surface area contributed by atoms with Gasteiger partial charge >= 0.3 is 6.03 Å². The Bertz CT molecular complexity index is 950. The molecule has 0 aliphatic rings. The van der Waals surface area contributed by atoms with Gasteiger partial charge in [-0.05, 0) is 31.5 Å². The van der Waals surface area contributed by atoms with Crippen molar-refractivity contribution in [1.29, 1.82) is 0 Å². The van der Waals surface area contributed by atoms with E-state index in [4.69, 9.17) is 0 Å². The number of aromatic amines is 1. The number of amides is 2. The number of carbonyl (C=O) groups excluding carboxylic acids is 1. The van der Waals surface area contributed by atoms with Gasteiger partial charge in [-0.1, -0.05) is 6.07 Å². The van der Waals surface area contributed by atoms with Crippen LogP contribution in [0.2, 0.25) is 0 Å². The Labute approximate surface area is 157 Å². The van der Waals surface area contributed by atoms with E-state index in [0.717, 1.165) is 22.6 Å². The summed E-state index contributed by atoms with van der Waals surface area (Å²) in [5.41, 5.74) is 3.43. The van der Waals surface area contributed by atoms with Gasteiger partial charge in [0.15, 0.2) is 17.5 Å². The van der Waals surface area contributed by atoms with E-state index < -0.39 is 0 Å². The fraction of sp³-hybridized carbons (Fsp3) is 0.222. The summed E-state index contributed by atoms with van der Waals surface area (Å²) in [6, 6.07) is 7.39. The quantitative estimate of drug-likeness (QED) is 0.551. The highest BCUT2D eigenvalue weighted by molar-refractivity contribution is 5.90. The number of benzene rings is 1. The number of urea groups is 1. The van der Waals surface area contributed by atoms with E-state index in [1.165, 1.54) is 4.90 Å². The summed E-state index contributed by atoms with van der Waals surface area (Å²) in [6.45, 7) is 3.86. The largest absolute Gasteiger partial charge is 0.339 e. The van der Waals surface area contributed by atoms with Gasteiger partial charge in [0.2, 0.25) is 0 Å². The van der Waals surface area contributed by atoms with Crippen molar-refractivity contribution in [1.82, 2.24) is 25.1 Å². The zero-order valence-electron chi connectivity index (χ0n) is 15.7. The van der Waals surface area contributed by atoms with Crippen LogP contribution in [0.25, 0.3) is 0 Å². The van der Waals surface area contributed by atoms with Crippen LogP contribution in [0.15, 0.2) is 36.7 Å². The molecule has 0 radical (unpaired) electrons. The van der Waals surface area contributed by atoms with Gasteiger partial charge in [-0.2, -0.15) is 5.10 Å². The maximum absolute atomic E-state index is 11.9. The summed E-state index contributed by atoms with van der Waals surface area (Å²) in [4.78, 5) is 22.1. The number of hydrogen-bond donors (Lipinski definition) is 4. The maximum atomic E-state index is 11.9. The van der Waals surface area contributed by atoms with E-state index in [2.05, 4.69) is 36.1 Å². The minimum atomic E-state index is -0.185. The number of nitrogens with zero attached hydrogens (tertiary/aromatic N) is 4. The molecule has 2 amide bonds. The first-order valence-electron chi connectivity index (χ1n) is 8.38. The fourth-order valence-corrected chi connectivity index (χ4v) is 2.31. The molecular formula is C18H22N8O. The van der Waals surface area contributed by atoms with E-state index in [9.17, 15) is 4.79 Å². The van der Waals surface area contributed by atoms with Crippen LogP contribution in [0.4, 0.5) is 33.6 Å². The summed E-state index contributed by atoms with van der Waals surface area (Å²) in [6.07, 6.45) is 3.24. The molecule has 4 N–H and O–H groups in total. The third-order valence-electron chi connectivity index (χ3n) is 3.75. The molecule has 0 bridgehead atoms. The molecule has 0 aliphatic heterocycles. The lowest BCUT2D eigenvalue weighted by Crippen LogP contribution is -2.27. The number of anilines is 5. The van der Waals surface area contributed by atoms with Crippen molar-refractivity contribution >= 4 is 34.9 Å². The third-order valence-corrected chi connectivity index (χ3v) is 3.75. The van der Waals surface area contributed by atoms with Crippen LogP contribution in [0, 0.1) is 13.8 Å². The average molecular weight is 366 g/mol. The van der Waals surface area contributed by atoms with Crippen LogP contribution in [0.5, 0.6) is 0 Å². The number of aromatic nitrogens is 4. The number of hydrogen-bond acceptors (Lipinski definition) is 6. The van der Waals surface area contributed by atoms with E-state index in [-0.39, 0.29) is 6.03 Å². The Kier molecular flexibility index (Phi) is 5.20. The second-order valence-corrected chi connectivity index (χ2v) is 6.33. The molecule has 2 heterocycles. The smallest absolute Gasteiger partial charge is 0.321 e. The molecule has 0 fully saturated rings.